The van der Waals surface area contributed by atoms with Crippen LogP contribution in [0, 0.1) is 0 Å². The summed E-state index contributed by atoms with van der Waals surface area (Å²) in [4.78, 5) is -0.455. The summed E-state index contributed by atoms with van der Waals surface area (Å²) in [5, 5.41) is 5.25. The number of benzene rings is 5. The average molecular weight is 613 g/mol. The molecule has 4 nitrogen and oxygen atoms in total. The summed E-state index contributed by atoms with van der Waals surface area (Å²) in [5.74, 6) is 3.13. The van der Waals surface area contributed by atoms with Crippen molar-refractivity contribution in [2.45, 2.75) is 11.3 Å². The minimum Gasteiger partial charge on any atom is -0.454 e. The second kappa shape index (κ2) is 11.6. The van der Waals surface area contributed by atoms with E-state index in [1.165, 1.54) is 21.2 Å². The molecule has 0 saturated carbocycles. The van der Waals surface area contributed by atoms with Crippen LogP contribution >= 0.6 is 15.8 Å². The normalized spacial score (nSPS) is 16.4. The SMILES string of the molecule is C1=C2OCOC2=C(c2cccc3c2OCO3)C(P(c2ccccc2)c2ccccc2)(P(c2ccccc2)c2ccccc2)C1. The molecule has 1 aliphatic carbocycles. The highest BCUT2D eigenvalue weighted by atomic mass is 31.2. The summed E-state index contributed by atoms with van der Waals surface area (Å²) < 4.78 is 24.8. The topological polar surface area (TPSA) is 36.9 Å². The van der Waals surface area contributed by atoms with Gasteiger partial charge in [-0.05, 0) is 55.6 Å². The molecule has 0 bridgehead atoms. The van der Waals surface area contributed by atoms with E-state index in [1.54, 1.807) is 0 Å². The molecular weight excluding hydrogens is 582 g/mol. The van der Waals surface area contributed by atoms with Gasteiger partial charge in [-0.3, -0.25) is 0 Å². The lowest BCUT2D eigenvalue weighted by atomic mass is 9.93. The molecule has 0 spiro atoms. The molecule has 0 unspecified atom stereocenters. The Morgan fingerprint density at radius 1 is 0.477 bits per heavy atom. The number of hydrogen-bond acceptors (Lipinski definition) is 4. The number of ether oxygens (including phenoxy) is 4. The van der Waals surface area contributed by atoms with Gasteiger partial charge in [0.2, 0.25) is 13.6 Å². The third kappa shape index (κ3) is 4.53. The summed E-state index contributed by atoms with van der Waals surface area (Å²) in [6, 6.07) is 50.3. The lowest BCUT2D eigenvalue weighted by molar-refractivity contribution is 0.0981. The Morgan fingerprint density at radius 2 is 0.977 bits per heavy atom. The van der Waals surface area contributed by atoms with Crippen LogP contribution in [0.1, 0.15) is 12.0 Å². The van der Waals surface area contributed by atoms with Gasteiger partial charge in [-0.15, -0.1) is 0 Å². The average Bonchev–Trinajstić information content (AvgIpc) is 3.77. The van der Waals surface area contributed by atoms with Gasteiger partial charge in [0.25, 0.3) is 0 Å². The minimum atomic E-state index is -1.04. The molecule has 5 aromatic carbocycles. The van der Waals surface area contributed by atoms with Crippen LogP contribution in [0.3, 0.4) is 0 Å². The van der Waals surface area contributed by atoms with Crippen LogP contribution in [0.2, 0.25) is 0 Å². The van der Waals surface area contributed by atoms with Crippen LogP contribution in [0.25, 0.3) is 5.57 Å². The van der Waals surface area contributed by atoms with E-state index < -0.39 is 20.7 Å². The first-order chi connectivity index (χ1) is 21.8. The van der Waals surface area contributed by atoms with E-state index in [0.717, 1.165) is 40.6 Å². The quantitative estimate of drug-likeness (QED) is 0.180. The molecule has 8 rings (SSSR count). The van der Waals surface area contributed by atoms with E-state index in [0.29, 0.717) is 0 Å². The van der Waals surface area contributed by atoms with Crippen molar-refractivity contribution < 1.29 is 18.9 Å². The van der Waals surface area contributed by atoms with Gasteiger partial charge in [-0.2, -0.15) is 0 Å². The molecule has 6 heteroatoms. The number of allylic oxidation sites excluding steroid dienone is 2. The number of fused-ring (bicyclic) bond motifs is 2. The zero-order valence-corrected chi connectivity index (χ0v) is 25.8. The van der Waals surface area contributed by atoms with Crippen LogP contribution in [0.4, 0.5) is 0 Å². The van der Waals surface area contributed by atoms with Gasteiger partial charge in [0, 0.05) is 11.1 Å². The zero-order chi connectivity index (χ0) is 29.3. The molecule has 5 aromatic rings. The molecule has 0 N–H and O–H groups in total. The fraction of sp³-hybridized carbons (Fsp3) is 0.105. The Hall–Kier alpha value is -4.36. The first-order valence-corrected chi connectivity index (χ1v) is 17.4. The summed E-state index contributed by atoms with van der Waals surface area (Å²) in [5.41, 5.74) is 2.14. The highest BCUT2D eigenvalue weighted by Crippen LogP contribution is 2.74. The summed E-state index contributed by atoms with van der Waals surface area (Å²) in [6.07, 6.45) is 3.04. The van der Waals surface area contributed by atoms with Crippen molar-refractivity contribution in [1.82, 2.24) is 0 Å². The fourth-order valence-corrected chi connectivity index (χ4v) is 14.4. The molecule has 1 fully saturated rings. The lowest BCUT2D eigenvalue weighted by Gasteiger charge is -2.50. The Balaban J connectivity index is 1.54. The standard InChI is InChI=1S/C38H30O4P2/c1-5-14-28(15-6-1)43(29-16-7-2-8-17-29)38(44(30-18-9-3-10-19-30)31-20-11-4-12-21-31)25-24-34-37(42-27-40-34)35(38)32-22-13-23-33-36(32)41-26-39-33/h1-24H,25-27H2. The monoisotopic (exact) mass is 612 g/mol. The van der Waals surface area contributed by atoms with Gasteiger partial charge in [0.15, 0.2) is 23.0 Å². The Morgan fingerprint density at radius 3 is 1.50 bits per heavy atom. The van der Waals surface area contributed by atoms with Crippen molar-refractivity contribution in [1.29, 1.82) is 0 Å². The zero-order valence-electron chi connectivity index (χ0n) is 24.0. The molecule has 0 atom stereocenters. The highest BCUT2D eigenvalue weighted by molar-refractivity contribution is 7.91. The Labute approximate surface area is 260 Å². The van der Waals surface area contributed by atoms with Crippen molar-refractivity contribution in [2.75, 3.05) is 13.6 Å². The minimum absolute atomic E-state index is 0.191. The molecule has 0 radical (unpaired) electrons. The van der Waals surface area contributed by atoms with Gasteiger partial charge >= 0.3 is 0 Å². The molecular formula is C38H30O4P2. The molecule has 0 aromatic heterocycles. The second-order valence-electron chi connectivity index (χ2n) is 10.8. The lowest BCUT2D eigenvalue weighted by Crippen LogP contribution is -2.41. The summed E-state index contributed by atoms with van der Waals surface area (Å²) in [6.45, 7) is 0.386. The smallest absolute Gasteiger partial charge is 0.231 e. The molecule has 2 heterocycles. The van der Waals surface area contributed by atoms with Crippen LogP contribution in [-0.4, -0.2) is 18.5 Å². The number of hydrogen-bond donors (Lipinski definition) is 0. The predicted molar refractivity (Wildman–Crippen MR) is 180 cm³/mol. The number of rotatable bonds is 7. The molecule has 0 amide bonds. The van der Waals surface area contributed by atoms with E-state index in [1.807, 2.05) is 6.07 Å². The largest absolute Gasteiger partial charge is 0.454 e. The molecule has 44 heavy (non-hydrogen) atoms. The van der Waals surface area contributed by atoms with E-state index in [9.17, 15) is 0 Å². The van der Waals surface area contributed by atoms with Crippen LogP contribution in [0.5, 0.6) is 11.5 Å². The van der Waals surface area contributed by atoms with Crippen molar-refractivity contribution in [3.63, 3.8) is 0 Å². The van der Waals surface area contributed by atoms with Crippen molar-refractivity contribution in [3.8, 4) is 11.5 Å². The fourth-order valence-electron chi connectivity index (χ4n) is 6.59. The first-order valence-electron chi connectivity index (χ1n) is 14.8. The summed E-state index contributed by atoms with van der Waals surface area (Å²) in [7, 11) is -2.08. The van der Waals surface area contributed by atoms with Gasteiger partial charge in [0.1, 0.15) is 0 Å². The molecule has 3 aliphatic rings. The Bertz CT molecular complexity index is 1680. The third-order valence-electron chi connectivity index (χ3n) is 8.30. The van der Waals surface area contributed by atoms with E-state index in [4.69, 9.17) is 18.9 Å². The third-order valence-corrected chi connectivity index (χ3v) is 15.1. The van der Waals surface area contributed by atoms with Crippen molar-refractivity contribution >= 4 is 42.6 Å². The molecule has 1 saturated heterocycles. The number of para-hydroxylation sites is 1. The second-order valence-corrected chi connectivity index (χ2v) is 16.0. The van der Waals surface area contributed by atoms with Gasteiger partial charge < -0.3 is 18.9 Å². The maximum atomic E-state index is 6.50. The first kappa shape index (κ1) is 27.2. The van der Waals surface area contributed by atoms with Crippen LogP contribution < -0.4 is 30.7 Å². The van der Waals surface area contributed by atoms with Crippen molar-refractivity contribution in [2.24, 2.45) is 0 Å². The summed E-state index contributed by atoms with van der Waals surface area (Å²) >= 11 is 0. The molecule has 216 valence electrons. The van der Waals surface area contributed by atoms with Crippen molar-refractivity contribution in [3.05, 3.63) is 163 Å². The Kier molecular flexibility index (Phi) is 7.18. The van der Waals surface area contributed by atoms with Gasteiger partial charge in [-0.1, -0.05) is 133 Å². The van der Waals surface area contributed by atoms with E-state index in [-0.39, 0.29) is 13.6 Å². The van der Waals surface area contributed by atoms with Gasteiger partial charge in [0.05, 0.1) is 4.90 Å². The predicted octanol–water partition coefficient (Wildman–Crippen LogP) is 7.38. The van der Waals surface area contributed by atoms with E-state index >= 15 is 0 Å². The maximum absolute atomic E-state index is 6.50. The highest BCUT2D eigenvalue weighted by Gasteiger charge is 2.55. The molecule has 2 aliphatic heterocycles. The van der Waals surface area contributed by atoms with Gasteiger partial charge in [-0.25, -0.2) is 0 Å². The van der Waals surface area contributed by atoms with Crippen LogP contribution in [-0.2, 0) is 9.47 Å². The van der Waals surface area contributed by atoms with E-state index in [2.05, 4.69) is 140 Å². The van der Waals surface area contributed by atoms with Crippen LogP contribution in [0.15, 0.2) is 157 Å². The maximum Gasteiger partial charge on any atom is 0.231 e.